The molecule has 1 unspecified atom stereocenters. The Hall–Kier alpha value is 0.380. The molecule has 0 fully saturated rings. The Kier molecular flexibility index (Phi) is 4.61. The van der Waals surface area contributed by atoms with Crippen LogP contribution < -0.4 is 0 Å². The van der Waals surface area contributed by atoms with E-state index < -0.39 is 25.9 Å². The normalized spacial score (nSPS) is 17.9. The first-order valence-electron chi connectivity index (χ1n) is 2.71. The topological polar surface area (TPSA) is 35.5 Å². The summed E-state index contributed by atoms with van der Waals surface area (Å²) in [5, 5.41) is -4.89. The molecule has 0 aromatic heterocycles. The van der Waals surface area contributed by atoms with Crippen LogP contribution in [0.3, 0.4) is 0 Å². The maximum absolute atomic E-state index is 12.9. The highest BCUT2D eigenvalue weighted by molar-refractivity contribution is 7.57. The molecule has 0 saturated carbocycles. The Bertz CT molecular complexity index is 239. The molecule has 1 atom stereocenters. The number of hydrogen-bond acceptors (Lipinski definition) is 3. The quantitative estimate of drug-likeness (QED) is 0.582. The molecule has 11 heteroatoms. The second kappa shape index (κ2) is 4.49. The molecule has 14 heavy (non-hydrogen) atoms. The third-order valence-corrected chi connectivity index (χ3v) is 3.92. The van der Waals surface area contributed by atoms with Crippen LogP contribution in [0.4, 0.5) is 22.0 Å². The monoisotopic (exact) mass is 282 g/mol. The Morgan fingerprint density at radius 3 is 1.57 bits per heavy atom. The summed E-state index contributed by atoms with van der Waals surface area (Å²) >= 11 is 8.60. The molecule has 0 bridgehead atoms. The zero-order chi connectivity index (χ0) is 11.6. The van der Waals surface area contributed by atoms with Gasteiger partial charge in [0, 0.05) is 0 Å². The minimum absolute atomic E-state index is 2.70. The van der Waals surface area contributed by atoms with Gasteiger partial charge in [0.05, 0.1) is 23.7 Å². The summed E-state index contributed by atoms with van der Waals surface area (Å²) in [7, 11) is -5.66. The molecule has 0 aromatic carbocycles. The standard InChI is InChI=1S/C3H2Cl2F5O3P/c4-12-14(11,13-5)2(7,1-6)3(8,9)10/h1H2. The summed E-state index contributed by atoms with van der Waals surface area (Å²) in [6, 6.07) is 0. The van der Waals surface area contributed by atoms with E-state index >= 15 is 0 Å². The first kappa shape index (κ1) is 14.4. The van der Waals surface area contributed by atoms with Crippen LogP contribution in [0.1, 0.15) is 0 Å². The van der Waals surface area contributed by atoms with Crippen molar-refractivity contribution in [2.45, 2.75) is 11.6 Å². The molecule has 0 spiro atoms. The maximum Gasteiger partial charge on any atom is 0.437 e. The fourth-order valence-corrected chi connectivity index (χ4v) is 2.03. The van der Waals surface area contributed by atoms with Gasteiger partial charge in [0.15, 0.2) is 0 Å². The van der Waals surface area contributed by atoms with Crippen molar-refractivity contribution in [1.29, 1.82) is 0 Å². The molecule has 0 rings (SSSR count). The highest BCUT2D eigenvalue weighted by Crippen LogP contribution is 2.68. The van der Waals surface area contributed by atoms with Crippen LogP contribution >= 0.6 is 31.3 Å². The van der Waals surface area contributed by atoms with Crippen molar-refractivity contribution in [3.8, 4) is 0 Å². The van der Waals surface area contributed by atoms with E-state index in [0.717, 1.165) is 0 Å². The van der Waals surface area contributed by atoms with Crippen molar-refractivity contribution < 1.29 is 34.7 Å². The van der Waals surface area contributed by atoms with Crippen molar-refractivity contribution >= 4 is 31.3 Å². The van der Waals surface area contributed by atoms with E-state index in [1.54, 1.807) is 0 Å². The summed E-state index contributed by atoms with van der Waals surface area (Å²) < 4.78 is 77.5. The van der Waals surface area contributed by atoms with Gasteiger partial charge in [-0.1, -0.05) is 0 Å². The van der Waals surface area contributed by atoms with Gasteiger partial charge >= 0.3 is 19.2 Å². The molecule has 0 aromatic rings. The summed E-state index contributed by atoms with van der Waals surface area (Å²) in [5.41, 5.74) is 0. The number of rotatable bonds is 4. The minimum Gasteiger partial charge on any atom is -0.253 e. The van der Waals surface area contributed by atoms with Crippen LogP contribution in [0.25, 0.3) is 0 Å². The number of alkyl halides is 5. The van der Waals surface area contributed by atoms with E-state index in [1.165, 1.54) is 0 Å². The van der Waals surface area contributed by atoms with Crippen LogP contribution in [-0.2, 0) is 12.7 Å². The number of halogens is 7. The van der Waals surface area contributed by atoms with Crippen molar-refractivity contribution in [2.75, 3.05) is 6.67 Å². The van der Waals surface area contributed by atoms with E-state index in [1.807, 2.05) is 0 Å². The van der Waals surface area contributed by atoms with Crippen molar-refractivity contribution in [2.24, 2.45) is 0 Å². The minimum atomic E-state index is -5.83. The largest absolute Gasteiger partial charge is 0.437 e. The first-order chi connectivity index (χ1) is 6.18. The lowest BCUT2D eigenvalue weighted by molar-refractivity contribution is -0.206. The Labute approximate surface area is 84.9 Å². The molecule has 0 saturated heterocycles. The lowest BCUT2D eigenvalue weighted by Crippen LogP contribution is -2.42. The third kappa shape index (κ3) is 2.14. The summed E-state index contributed by atoms with van der Waals surface area (Å²) in [5.74, 6) is 0. The zero-order valence-corrected chi connectivity index (χ0v) is 8.43. The lowest BCUT2D eigenvalue weighted by atomic mass is 10.4. The Morgan fingerprint density at radius 2 is 1.50 bits per heavy atom. The lowest BCUT2D eigenvalue weighted by Gasteiger charge is -2.27. The van der Waals surface area contributed by atoms with Gasteiger partial charge in [0.2, 0.25) is 0 Å². The maximum atomic E-state index is 12.9. The van der Waals surface area contributed by atoms with Gasteiger partial charge in [-0.25, -0.2) is 8.78 Å². The van der Waals surface area contributed by atoms with E-state index in [9.17, 15) is 26.5 Å². The van der Waals surface area contributed by atoms with E-state index in [4.69, 9.17) is 0 Å². The van der Waals surface area contributed by atoms with Gasteiger partial charge < -0.3 is 0 Å². The third-order valence-electron chi connectivity index (χ3n) is 1.23. The fourth-order valence-electron chi connectivity index (χ4n) is 0.424. The van der Waals surface area contributed by atoms with Crippen LogP contribution in [0, 0.1) is 0 Å². The molecular formula is C3H2Cl2F5O3P. The van der Waals surface area contributed by atoms with Crippen LogP contribution in [0.5, 0.6) is 0 Å². The highest BCUT2D eigenvalue weighted by Gasteiger charge is 2.71. The van der Waals surface area contributed by atoms with Gasteiger partial charge in [0.1, 0.15) is 6.67 Å². The average molecular weight is 283 g/mol. The van der Waals surface area contributed by atoms with Crippen molar-refractivity contribution in [1.82, 2.24) is 0 Å². The number of hydrogen-bond donors (Lipinski definition) is 0. The predicted molar refractivity (Wildman–Crippen MR) is 37.4 cm³/mol. The SMILES string of the molecule is O=P(OCl)(OCl)C(F)(CF)C(F)(F)F. The van der Waals surface area contributed by atoms with E-state index in [-0.39, 0.29) is 0 Å². The highest BCUT2D eigenvalue weighted by atomic mass is 35.5. The Morgan fingerprint density at radius 1 is 1.14 bits per heavy atom. The second-order valence-electron chi connectivity index (χ2n) is 2.03. The Balaban J connectivity index is 5.34. The van der Waals surface area contributed by atoms with Crippen LogP contribution in [0.2, 0.25) is 0 Å². The van der Waals surface area contributed by atoms with Gasteiger partial charge in [0.25, 0.3) is 0 Å². The van der Waals surface area contributed by atoms with Crippen LogP contribution in [-0.4, -0.2) is 18.3 Å². The molecule has 0 aliphatic heterocycles. The molecule has 0 N–H and O–H groups in total. The summed E-state index contributed by atoms with van der Waals surface area (Å²) in [4.78, 5) is 0. The van der Waals surface area contributed by atoms with Crippen LogP contribution in [0.15, 0.2) is 0 Å². The molecule has 0 radical (unpaired) electrons. The van der Waals surface area contributed by atoms with Gasteiger partial charge in [-0.05, 0) is 0 Å². The van der Waals surface area contributed by atoms with E-state index in [0.29, 0.717) is 0 Å². The van der Waals surface area contributed by atoms with Crippen molar-refractivity contribution in [3.05, 3.63) is 0 Å². The zero-order valence-electron chi connectivity index (χ0n) is 6.02. The first-order valence-corrected chi connectivity index (χ1v) is 4.87. The molecule has 3 nitrogen and oxygen atoms in total. The molecule has 0 aliphatic carbocycles. The molecule has 0 aliphatic rings. The molecular weight excluding hydrogens is 281 g/mol. The van der Waals surface area contributed by atoms with Gasteiger partial charge in [-0.15, -0.1) is 0 Å². The smallest absolute Gasteiger partial charge is 0.253 e. The fraction of sp³-hybridized carbons (Fsp3) is 1.00. The summed E-state index contributed by atoms with van der Waals surface area (Å²) in [6.45, 7) is -2.70. The molecule has 86 valence electrons. The second-order valence-corrected chi connectivity index (χ2v) is 4.83. The molecule has 0 amide bonds. The van der Waals surface area contributed by atoms with Gasteiger partial charge in [-0.3, -0.25) is 4.57 Å². The van der Waals surface area contributed by atoms with Gasteiger partial charge in [-0.2, -0.15) is 21.3 Å². The summed E-state index contributed by atoms with van der Waals surface area (Å²) in [6.07, 6.45) is -5.83. The van der Waals surface area contributed by atoms with E-state index in [2.05, 4.69) is 31.9 Å². The molecule has 0 heterocycles. The average Bonchev–Trinajstić information content (AvgIpc) is 2.13. The van der Waals surface area contributed by atoms with Crippen molar-refractivity contribution in [3.63, 3.8) is 0 Å². The predicted octanol–water partition coefficient (Wildman–Crippen LogP) is 3.72.